The third kappa shape index (κ3) is 3.12. The average molecular weight is 277 g/mol. The molecule has 0 spiro atoms. The average Bonchev–Trinajstić information content (AvgIpc) is 2.94. The minimum Gasteiger partial charge on any atom is -0.465 e. The summed E-state index contributed by atoms with van der Waals surface area (Å²) in [6, 6.07) is 8.47. The van der Waals surface area contributed by atoms with E-state index in [9.17, 15) is 9.90 Å². The van der Waals surface area contributed by atoms with E-state index in [1.807, 2.05) is 30.3 Å². The number of nitrogens with zero attached hydrogens (tertiary/aromatic N) is 2. The van der Waals surface area contributed by atoms with Crippen molar-refractivity contribution in [1.29, 1.82) is 0 Å². The van der Waals surface area contributed by atoms with Gasteiger partial charge >= 0.3 is 6.09 Å². The number of rotatable bonds is 5. The Morgan fingerprint density at radius 3 is 2.70 bits per heavy atom. The quantitative estimate of drug-likeness (QED) is 0.769. The molecule has 1 aromatic carbocycles. The van der Waals surface area contributed by atoms with Gasteiger partial charge < -0.3 is 20.1 Å². The number of nitrogens with one attached hydrogen (secondary N) is 1. The molecular weight excluding hydrogens is 262 g/mol. The summed E-state index contributed by atoms with van der Waals surface area (Å²) in [5, 5.41) is 24.8. The number of aliphatic hydroxyl groups excluding tert-OH is 1. The highest BCUT2D eigenvalue weighted by Crippen LogP contribution is 2.21. The molecule has 3 N–H and O–H groups in total. The Labute approximate surface area is 115 Å². The minimum absolute atomic E-state index is 0.00977. The van der Waals surface area contributed by atoms with Crippen molar-refractivity contribution in [3.8, 4) is 11.4 Å². The van der Waals surface area contributed by atoms with Crippen molar-refractivity contribution in [2.45, 2.75) is 25.5 Å². The maximum absolute atomic E-state index is 10.6. The molecule has 2 aromatic rings. The van der Waals surface area contributed by atoms with Gasteiger partial charge in [-0.05, 0) is 6.42 Å². The highest BCUT2D eigenvalue weighted by atomic mass is 16.5. The van der Waals surface area contributed by atoms with Crippen molar-refractivity contribution in [2.24, 2.45) is 0 Å². The summed E-state index contributed by atoms with van der Waals surface area (Å²) in [6.07, 6.45) is -1.99. The minimum atomic E-state index is -1.21. The Bertz CT molecular complexity index is 570. The van der Waals surface area contributed by atoms with Crippen molar-refractivity contribution < 1.29 is 19.5 Å². The lowest BCUT2D eigenvalue weighted by Gasteiger charge is -2.17. The van der Waals surface area contributed by atoms with Gasteiger partial charge in [-0.15, -0.1) is 0 Å². The molecular formula is C13H15N3O4. The number of aromatic nitrogens is 2. The number of benzene rings is 1. The largest absolute Gasteiger partial charge is 0.465 e. The maximum atomic E-state index is 10.6. The molecule has 0 aliphatic carbocycles. The molecule has 1 amide bonds. The van der Waals surface area contributed by atoms with Crippen molar-refractivity contribution in [1.82, 2.24) is 15.5 Å². The van der Waals surface area contributed by atoms with Gasteiger partial charge in [-0.1, -0.05) is 42.4 Å². The SMILES string of the molecule is CCC(NC(=O)O)C(O)c1nc(-c2ccccc2)no1. The monoisotopic (exact) mass is 277 g/mol. The normalized spacial score (nSPS) is 13.7. The fourth-order valence-electron chi connectivity index (χ4n) is 1.79. The smallest absolute Gasteiger partial charge is 0.404 e. The van der Waals surface area contributed by atoms with Gasteiger partial charge in [0.25, 0.3) is 5.89 Å². The van der Waals surface area contributed by atoms with Gasteiger partial charge in [0.1, 0.15) is 0 Å². The molecule has 0 saturated heterocycles. The number of hydrogen-bond donors (Lipinski definition) is 3. The van der Waals surface area contributed by atoms with Crippen LogP contribution in [-0.2, 0) is 0 Å². The van der Waals surface area contributed by atoms with E-state index in [4.69, 9.17) is 9.63 Å². The maximum Gasteiger partial charge on any atom is 0.404 e. The van der Waals surface area contributed by atoms with Crippen molar-refractivity contribution in [2.75, 3.05) is 0 Å². The van der Waals surface area contributed by atoms with E-state index >= 15 is 0 Å². The lowest BCUT2D eigenvalue weighted by atomic mass is 10.1. The van der Waals surface area contributed by atoms with E-state index in [0.29, 0.717) is 12.2 Å². The molecule has 1 heterocycles. The van der Waals surface area contributed by atoms with Crippen molar-refractivity contribution in [3.05, 3.63) is 36.2 Å². The van der Waals surface area contributed by atoms with E-state index in [1.165, 1.54) is 0 Å². The molecule has 2 rings (SSSR count). The summed E-state index contributed by atoms with van der Waals surface area (Å²) in [4.78, 5) is 14.7. The summed E-state index contributed by atoms with van der Waals surface area (Å²) >= 11 is 0. The summed E-state index contributed by atoms with van der Waals surface area (Å²) in [6.45, 7) is 1.75. The molecule has 0 radical (unpaired) electrons. The Hall–Kier alpha value is -2.41. The molecule has 0 bridgehead atoms. The van der Waals surface area contributed by atoms with Crippen LogP contribution in [0.5, 0.6) is 0 Å². The molecule has 0 saturated carbocycles. The van der Waals surface area contributed by atoms with Crippen molar-refractivity contribution in [3.63, 3.8) is 0 Å². The molecule has 106 valence electrons. The molecule has 20 heavy (non-hydrogen) atoms. The molecule has 7 nitrogen and oxygen atoms in total. The Balaban J connectivity index is 2.17. The molecule has 2 unspecified atom stereocenters. The first-order chi connectivity index (χ1) is 9.61. The van der Waals surface area contributed by atoms with Gasteiger partial charge in [-0.2, -0.15) is 4.98 Å². The van der Waals surface area contributed by atoms with Crippen LogP contribution in [0.2, 0.25) is 0 Å². The van der Waals surface area contributed by atoms with Gasteiger partial charge in [-0.3, -0.25) is 0 Å². The topological polar surface area (TPSA) is 108 Å². The van der Waals surface area contributed by atoms with Crippen LogP contribution in [0.15, 0.2) is 34.9 Å². The molecule has 1 aromatic heterocycles. The van der Waals surface area contributed by atoms with Gasteiger partial charge in [-0.25, -0.2) is 4.79 Å². The summed E-state index contributed by atoms with van der Waals surface area (Å²) in [5.74, 6) is 0.342. The number of carbonyl (C=O) groups is 1. The molecule has 0 aliphatic heterocycles. The zero-order valence-electron chi connectivity index (χ0n) is 10.9. The van der Waals surface area contributed by atoms with Crippen molar-refractivity contribution >= 4 is 6.09 Å². The van der Waals surface area contributed by atoms with Gasteiger partial charge in [0.2, 0.25) is 5.82 Å². The Morgan fingerprint density at radius 1 is 1.40 bits per heavy atom. The molecule has 2 atom stereocenters. The zero-order valence-corrected chi connectivity index (χ0v) is 10.9. The Kier molecular flexibility index (Phi) is 4.31. The van der Waals surface area contributed by atoms with E-state index in [-0.39, 0.29) is 5.89 Å². The standard InChI is InChI=1S/C13H15N3O4/c1-2-9(14-13(18)19)10(17)12-15-11(16-20-12)8-6-4-3-5-7-8/h3-7,9-10,14,17H,2H2,1H3,(H,18,19). The number of carboxylic acid groups (broad SMARTS) is 1. The van der Waals surface area contributed by atoms with Crippen LogP contribution in [0.1, 0.15) is 25.3 Å². The van der Waals surface area contributed by atoms with E-state index in [2.05, 4.69) is 15.5 Å². The van der Waals surface area contributed by atoms with E-state index < -0.39 is 18.2 Å². The summed E-state index contributed by atoms with van der Waals surface area (Å²) in [5.41, 5.74) is 0.758. The third-order valence-electron chi connectivity index (χ3n) is 2.86. The van der Waals surface area contributed by atoms with Gasteiger partial charge in [0, 0.05) is 5.56 Å². The zero-order chi connectivity index (χ0) is 14.5. The van der Waals surface area contributed by atoms with E-state index in [1.54, 1.807) is 6.92 Å². The summed E-state index contributed by atoms with van der Waals surface area (Å²) < 4.78 is 5.00. The lowest BCUT2D eigenvalue weighted by Crippen LogP contribution is -2.38. The predicted molar refractivity (Wildman–Crippen MR) is 69.9 cm³/mol. The van der Waals surface area contributed by atoms with E-state index in [0.717, 1.165) is 5.56 Å². The number of aliphatic hydroxyl groups is 1. The second-order valence-electron chi connectivity index (χ2n) is 4.23. The first-order valence-electron chi connectivity index (χ1n) is 6.18. The Morgan fingerprint density at radius 2 is 2.10 bits per heavy atom. The second-order valence-corrected chi connectivity index (χ2v) is 4.23. The third-order valence-corrected chi connectivity index (χ3v) is 2.86. The van der Waals surface area contributed by atoms with Gasteiger partial charge in [0.15, 0.2) is 6.10 Å². The molecule has 0 aliphatic rings. The first-order valence-corrected chi connectivity index (χ1v) is 6.18. The number of hydrogen-bond acceptors (Lipinski definition) is 5. The highest BCUT2D eigenvalue weighted by molar-refractivity contribution is 5.65. The predicted octanol–water partition coefficient (Wildman–Crippen LogP) is 1.82. The van der Waals surface area contributed by atoms with Crippen LogP contribution < -0.4 is 5.32 Å². The molecule has 7 heteroatoms. The number of amides is 1. The van der Waals surface area contributed by atoms with Crippen LogP contribution in [-0.4, -0.2) is 32.5 Å². The molecule has 0 fully saturated rings. The first kappa shape index (κ1) is 14.0. The highest BCUT2D eigenvalue weighted by Gasteiger charge is 2.26. The fraction of sp³-hybridized carbons (Fsp3) is 0.308. The van der Waals surface area contributed by atoms with Gasteiger partial charge in [0.05, 0.1) is 6.04 Å². The fourth-order valence-corrected chi connectivity index (χ4v) is 1.79. The van der Waals surface area contributed by atoms with Crippen LogP contribution >= 0.6 is 0 Å². The summed E-state index contributed by atoms with van der Waals surface area (Å²) in [7, 11) is 0. The van der Waals surface area contributed by atoms with Crippen LogP contribution in [0.3, 0.4) is 0 Å². The second kappa shape index (κ2) is 6.16. The van der Waals surface area contributed by atoms with Crippen LogP contribution in [0.4, 0.5) is 4.79 Å². The lowest BCUT2D eigenvalue weighted by molar-refractivity contribution is 0.0880. The van der Waals surface area contributed by atoms with Crippen LogP contribution in [0.25, 0.3) is 11.4 Å². The van der Waals surface area contributed by atoms with Crippen LogP contribution in [0, 0.1) is 0 Å².